The molecule has 0 radical (unpaired) electrons. The fourth-order valence-corrected chi connectivity index (χ4v) is 5.86. The maximum atomic E-state index is 14.2. The first-order valence-electron chi connectivity index (χ1n) is 13.6. The third-order valence-corrected chi connectivity index (χ3v) is 8.44. The molecule has 2 amide bonds. The van der Waals surface area contributed by atoms with Crippen LogP contribution in [0.3, 0.4) is 0 Å². The van der Waals surface area contributed by atoms with Gasteiger partial charge < -0.3 is 19.7 Å². The lowest BCUT2D eigenvalue weighted by atomic mass is 10.1. The number of hydrogen-bond acceptors (Lipinski definition) is 6. The molecule has 0 heterocycles. The second-order valence-electron chi connectivity index (χ2n) is 9.58. The van der Waals surface area contributed by atoms with Crippen LogP contribution >= 0.6 is 0 Å². The first-order chi connectivity index (χ1) is 19.7. The predicted molar refractivity (Wildman–Crippen MR) is 160 cm³/mol. The van der Waals surface area contributed by atoms with E-state index in [0.717, 1.165) is 21.9 Å². The van der Waals surface area contributed by atoms with Gasteiger partial charge in [-0.2, -0.15) is 0 Å². The van der Waals surface area contributed by atoms with Crippen LogP contribution in [0.2, 0.25) is 0 Å². The third kappa shape index (κ3) is 7.79. The van der Waals surface area contributed by atoms with Crippen LogP contribution in [0.15, 0.2) is 77.7 Å². The number of amides is 2. The first kappa shape index (κ1) is 31.5. The van der Waals surface area contributed by atoms with Crippen molar-refractivity contribution < 1.29 is 27.5 Å². The molecule has 1 atom stereocenters. The Balaban J connectivity index is 2.09. The Hall–Kier alpha value is -4.05. The molecule has 3 aromatic rings. The van der Waals surface area contributed by atoms with E-state index in [1.807, 2.05) is 26.8 Å². The predicted octanol–water partition coefficient (Wildman–Crippen LogP) is 4.54. The summed E-state index contributed by atoms with van der Waals surface area (Å²) in [7, 11) is -1.20. The molecule has 0 unspecified atom stereocenters. The number of ether oxygens (including phenoxy) is 2. The largest absolute Gasteiger partial charge is 0.497 e. The minimum atomic E-state index is -4.20. The molecule has 1 N–H and O–H groups in total. The fraction of sp³-hybridized carbons (Fsp3) is 0.355. The molecule has 0 fully saturated rings. The van der Waals surface area contributed by atoms with Crippen molar-refractivity contribution in [3.8, 4) is 11.5 Å². The van der Waals surface area contributed by atoms with E-state index in [-0.39, 0.29) is 23.0 Å². The van der Waals surface area contributed by atoms with Crippen molar-refractivity contribution in [1.29, 1.82) is 0 Å². The van der Waals surface area contributed by atoms with E-state index >= 15 is 0 Å². The van der Waals surface area contributed by atoms with E-state index in [1.165, 1.54) is 24.1 Å². The van der Waals surface area contributed by atoms with Crippen LogP contribution in [0.25, 0.3) is 0 Å². The lowest BCUT2D eigenvalue weighted by Gasteiger charge is -2.33. The number of rotatable bonds is 14. The number of carbonyl (C=O) groups is 2. The number of aryl methyl sites for hydroxylation is 1. The lowest BCUT2D eigenvalue weighted by molar-refractivity contribution is -0.140. The van der Waals surface area contributed by atoms with Gasteiger partial charge in [-0.3, -0.25) is 13.9 Å². The van der Waals surface area contributed by atoms with Gasteiger partial charge in [0.05, 0.1) is 24.8 Å². The highest BCUT2D eigenvalue weighted by molar-refractivity contribution is 7.92. The lowest BCUT2D eigenvalue weighted by Crippen LogP contribution is -2.52. The normalized spacial score (nSPS) is 11.8. The van der Waals surface area contributed by atoms with Crippen LogP contribution in [0, 0.1) is 6.92 Å². The molecule has 0 aliphatic carbocycles. The molecule has 9 nitrogen and oxygen atoms in total. The molecular weight excluding hydrogens is 542 g/mol. The molecule has 41 heavy (non-hydrogen) atoms. The molecule has 0 bridgehead atoms. The number of anilines is 1. The van der Waals surface area contributed by atoms with Crippen molar-refractivity contribution in [2.45, 2.75) is 51.1 Å². The average Bonchev–Trinajstić information content (AvgIpc) is 2.98. The summed E-state index contributed by atoms with van der Waals surface area (Å²) in [6.45, 7) is 5.63. The number of hydrogen-bond donors (Lipinski definition) is 1. The molecule has 0 aliphatic rings. The number of methoxy groups -OCH3 is 2. The van der Waals surface area contributed by atoms with Gasteiger partial charge in [0.2, 0.25) is 11.8 Å². The number of nitrogens with one attached hydrogen (secondary N) is 1. The Bertz CT molecular complexity index is 1430. The molecule has 220 valence electrons. The molecule has 0 saturated heterocycles. The second kappa shape index (κ2) is 14.5. The topological polar surface area (TPSA) is 105 Å². The summed E-state index contributed by atoms with van der Waals surface area (Å²) < 4.78 is 39.9. The minimum absolute atomic E-state index is 0.0360. The number of benzene rings is 3. The molecule has 3 aromatic carbocycles. The number of para-hydroxylation sites is 2. The Morgan fingerprint density at radius 3 is 2.27 bits per heavy atom. The second-order valence-corrected chi connectivity index (χ2v) is 11.4. The maximum absolute atomic E-state index is 14.2. The molecular formula is C31H39N3O6S. The smallest absolute Gasteiger partial charge is 0.264 e. The van der Waals surface area contributed by atoms with Crippen molar-refractivity contribution in [2.24, 2.45) is 0 Å². The number of sulfonamides is 1. The number of carbonyl (C=O) groups excluding carboxylic acids is 2. The SMILES string of the molecule is CCCNC(=O)[C@@H](CC)N(Cc1cccc(OC)c1)C(=O)CN(c1ccccc1OC)S(=O)(=O)c1ccc(C)cc1. The first-order valence-corrected chi connectivity index (χ1v) is 15.0. The van der Waals surface area contributed by atoms with E-state index in [9.17, 15) is 18.0 Å². The molecule has 0 spiro atoms. The highest BCUT2D eigenvalue weighted by Gasteiger charge is 2.34. The van der Waals surface area contributed by atoms with Crippen LogP contribution in [-0.4, -0.2) is 58.5 Å². The van der Waals surface area contributed by atoms with E-state index in [4.69, 9.17) is 9.47 Å². The van der Waals surface area contributed by atoms with Gasteiger partial charge in [-0.05, 0) is 61.7 Å². The quantitative estimate of drug-likeness (QED) is 0.300. The van der Waals surface area contributed by atoms with Crippen molar-refractivity contribution in [2.75, 3.05) is 31.6 Å². The zero-order valence-corrected chi connectivity index (χ0v) is 25.1. The summed E-state index contributed by atoms with van der Waals surface area (Å²) in [6.07, 6.45) is 1.08. The van der Waals surface area contributed by atoms with Gasteiger partial charge in [0.15, 0.2) is 0 Å². The Kier molecular flexibility index (Phi) is 11.2. The standard InChI is InChI=1S/C31H39N3O6S/c1-6-19-32-31(36)27(7-2)33(21-24-11-10-12-25(20-24)39-4)30(35)22-34(28-13-8-9-14-29(28)40-5)41(37,38)26-17-15-23(3)16-18-26/h8-18,20,27H,6-7,19,21-22H2,1-5H3,(H,32,36)/t27-/m1/s1. The van der Waals surface area contributed by atoms with E-state index in [0.29, 0.717) is 24.5 Å². The highest BCUT2D eigenvalue weighted by atomic mass is 32.2. The van der Waals surface area contributed by atoms with Crippen molar-refractivity contribution >= 4 is 27.5 Å². The Labute approximate surface area is 243 Å². The Morgan fingerprint density at radius 2 is 1.63 bits per heavy atom. The summed E-state index contributed by atoms with van der Waals surface area (Å²) in [4.78, 5) is 28.9. The molecule has 0 aliphatic heterocycles. The zero-order chi connectivity index (χ0) is 30.0. The summed E-state index contributed by atoms with van der Waals surface area (Å²) in [5.41, 5.74) is 1.86. The van der Waals surface area contributed by atoms with Crippen LogP contribution in [0.4, 0.5) is 5.69 Å². The number of nitrogens with zero attached hydrogens (tertiary/aromatic N) is 2. The van der Waals surface area contributed by atoms with Gasteiger partial charge in [0, 0.05) is 13.1 Å². The van der Waals surface area contributed by atoms with Gasteiger partial charge in [0.1, 0.15) is 24.1 Å². The fourth-order valence-electron chi connectivity index (χ4n) is 4.44. The Morgan fingerprint density at radius 1 is 0.927 bits per heavy atom. The average molecular weight is 582 g/mol. The van der Waals surface area contributed by atoms with Crippen molar-refractivity contribution in [3.05, 3.63) is 83.9 Å². The van der Waals surface area contributed by atoms with Crippen LogP contribution < -0.4 is 19.1 Å². The van der Waals surface area contributed by atoms with E-state index in [1.54, 1.807) is 61.7 Å². The van der Waals surface area contributed by atoms with Gasteiger partial charge >= 0.3 is 0 Å². The minimum Gasteiger partial charge on any atom is -0.497 e. The molecule has 10 heteroatoms. The van der Waals surface area contributed by atoms with E-state index < -0.39 is 28.5 Å². The molecule has 3 rings (SSSR count). The summed E-state index contributed by atoms with van der Waals surface area (Å²) >= 11 is 0. The van der Waals surface area contributed by atoms with Crippen molar-refractivity contribution in [1.82, 2.24) is 10.2 Å². The van der Waals surface area contributed by atoms with Gasteiger partial charge in [-0.15, -0.1) is 0 Å². The maximum Gasteiger partial charge on any atom is 0.264 e. The summed E-state index contributed by atoms with van der Waals surface area (Å²) in [6, 6.07) is 19.5. The molecule has 0 aromatic heterocycles. The van der Waals surface area contributed by atoms with Gasteiger partial charge in [-0.25, -0.2) is 8.42 Å². The zero-order valence-electron chi connectivity index (χ0n) is 24.3. The molecule has 0 saturated carbocycles. The van der Waals surface area contributed by atoms with Crippen LogP contribution in [0.1, 0.15) is 37.8 Å². The summed E-state index contributed by atoms with van der Waals surface area (Å²) in [5, 5.41) is 2.88. The van der Waals surface area contributed by atoms with Gasteiger partial charge in [0.25, 0.3) is 10.0 Å². The monoisotopic (exact) mass is 581 g/mol. The van der Waals surface area contributed by atoms with E-state index in [2.05, 4.69) is 5.32 Å². The highest BCUT2D eigenvalue weighted by Crippen LogP contribution is 2.32. The van der Waals surface area contributed by atoms with Gasteiger partial charge in [-0.1, -0.05) is 55.8 Å². The summed E-state index contributed by atoms with van der Waals surface area (Å²) in [5.74, 6) is 0.0720. The van der Waals surface area contributed by atoms with Crippen LogP contribution in [-0.2, 0) is 26.2 Å². The van der Waals surface area contributed by atoms with Crippen molar-refractivity contribution in [3.63, 3.8) is 0 Å². The van der Waals surface area contributed by atoms with Crippen LogP contribution in [0.5, 0.6) is 11.5 Å². The third-order valence-electron chi connectivity index (χ3n) is 6.66.